The van der Waals surface area contributed by atoms with Gasteiger partial charge in [-0.25, -0.2) is 0 Å². The summed E-state index contributed by atoms with van der Waals surface area (Å²) in [6.07, 6.45) is -4.33. The van der Waals surface area contributed by atoms with Gasteiger partial charge in [0.25, 0.3) is 5.91 Å². The van der Waals surface area contributed by atoms with Crippen molar-refractivity contribution in [3.05, 3.63) is 64.1 Å². The number of para-hydroxylation sites is 1. The third-order valence-corrected chi connectivity index (χ3v) is 4.09. The SMILES string of the molecule is C[NH+](CC(=O)Nc1ccccc1Br)Cc1ccc(C(F)(F)F)cc1. The van der Waals surface area contributed by atoms with Crippen LogP contribution >= 0.6 is 15.9 Å². The number of nitrogens with one attached hydrogen (secondary N) is 2. The molecule has 0 fully saturated rings. The van der Waals surface area contributed by atoms with Gasteiger partial charge < -0.3 is 10.2 Å². The molecule has 0 aliphatic heterocycles. The summed E-state index contributed by atoms with van der Waals surface area (Å²) < 4.78 is 38.4. The number of carbonyl (C=O) groups excluding carboxylic acids is 1. The van der Waals surface area contributed by atoms with E-state index in [1.165, 1.54) is 12.1 Å². The van der Waals surface area contributed by atoms with Gasteiger partial charge in [-0.2, -0.15) is 13.2 Å². The molecule has 7 heteroatoms. The second-order valence-corrected chi connectivity index (χ2v) is 6.39. The molecular formula is C17H17BrF3N2O+. The topological polar surface area (TPSA) is 33.5 Å². The Kier molecular flexibility index (Phi) is 6.01. The summed E-state index contributed by atoms with van der Waals surface area (Å²) in [5.41, 5.74) is 0.759. The zero-order chi connectivity index (χ0) is 17.7. The van der Waals surface area contributed by atoms with Crippen LogP contribution in [0.15, 0.2) is 53.0 Å². The Bertz CT molecular complexity index is 702. The van der Waals surface area contributed by atoms with Crippen LogP contribution in [0.3, 0.4) is 0 Å². The average Bonchev–Trinajstić information content (AvgIpc) is 2.49. The third kappa shape index (κ3) is 5.35. The minimum absolute atomic E-state index is 0.161. The van der Waals surface area contributed by atoms with Crippen LogP contribution in [0, 0.1) is 0 Å². The van der Waals surface area contributed by atoms with Crippen molar-refractivity contribution in [2.24, 2.45) is 0 Å². The Morgan fingerprint density at radius 1 is 1.12 bits per heavy atom. The van der Waals surface area contributed by atoms with Gasteiger partial charge >= 0.3 is 6.18 Å². The quantitative estimate of drug-likeness (QED) is 0.792. The molecule has 1 atom stereocenters. The standard InChI is InChI=1S/C17H16BrF3N2O/c1-23(10-12-6-8-13(9-7-12)17(19,20)21)11-16(24)22-15-5-3-2-4-14(15)18/h2-9H,10-11H2,1H3,(H,22,24)/p+1. The lowest BCUT2D eigenvalue weighted by Gasteiger charge is -2.15. The van der Waals surface area contributed by atoms with Crippen LogP contribution in [0.2, 0.25) is 0 Å². The maximum absolute atomic E-state index is 12.5. The van der Waals surface area contributed by atoms with Gasteiger partial charge in [0.15, 0.2) is 6.54 Å². The van der Waals surface area contributed by atoms with Crippen LogP contribution in [0.1, 0.15) is 11.1 Å². The fourth-order valence-electron chi connectivity index (χ4n) is 2.25. The molecule has 1 unspecified atom stereocenters. The molecule has 0 saturated carbocycles. The Balaban J connectivity index is 1.90. The van der Waals surface area contributed by atoms with Gasteiger partial charge in [0.05, 0.1) is 18.3 Å². The lowest BCUT2D eigenvalue weighted by molar-refractivity contribution is -0.885. The van der Waals surface area contributed by atoms with Crippen molar-refractivity contribution in [1.29, 1.82) is 0 Å². The number of alkyl halides is 3. The van der Waals surface area contributed by atoms with Crippen molar-refractivity contribution in [2.75, 3.05) is 18.9 Å². The van der Waals surface area contributed by atoms with Gasteiger partial charge in [0, 0.05) is 10.0 Å². The number of benzene rings is 2. The number of anilines is 1. The number of quaternary nitrogens is 1. The molecule has 2 N–H and O–H groups in total. The van der Waals surface area contributed by atoms with Crippen LogP contribution in [0.4, 0.5) is 18.9 Å². The molecule has 2 aromatic carbocycles. The Morgan fingerprint density at radius 2 is 1.75 bits per heavy atom. The Labute approximate surface area is 146 Å². The minimum Gasteiger partial charge on any atom is -0.326 e. The van der Waals surface area contributed by atoms with E-state index in [1.807, 2.05) is 25.2 Å². The number of hydrogen-bond acceptors (Lipinski definition) is 1. The van der Waals surface area contributed by atoms with E-state index in [9.17, 15) is 18.0 Å². The average molecular weight is 402 g/mol. The molecule has 128 valence electrons. The molecule has 0 radical (unpaired) electrons. The first kappa shape index (κ1) is 18.5. The zero-order valence-electron chi connectivity index (χ0n) is 13.0. The fraction of sp³-hybridized carbons (Fsp3) is 0.235. The summed E-state index contributed by atoms with van der Waals surface area (Å²) in [4.78, 5) is 12.9. The normalized spacial score (nSPS) is 12.7. The van der Waals surface area contributed by atoms with Gasteiger partial charge in [-0.1, -0.05) is 24.3 Å². The highest BCUT2D eigenvalue weighted by Gasteiger charge is 2.30. The molecule has 0 aromatic heterocycles. The van der Waals surface area contributed by atoms with Crippen molar-refractivity contribution < 1.29 is 22.9 Å². The van der Waals surface area contributed by atoms with Crippen molar-refractivity contribution in [1.82, 2.24) is 0 Å². The molecule has 1 amide bonds. The first-order chi connectivity index (χ1) is 11.3. The molecular weight excluding hydrogens is 385 g/mol. The second-order valence-electron chi connectivity index (χ2n) is 5.53. The summed E-state index contributed by atoms with van der Waals surface area (Å²) in [6, 6.07) is 12.3. The van der Waals surface area contributed by atoms with Gasteiger partial charge in [-0.15, -0.1) is 0 Å². The highest BCUT2D eigenvalue weighted by atomic mass is 79.9. The highest BCUT2D eigenvalue weighted by molar-refractivity contribution is 9.10. The predicted molar refractivity (Wildman–Crippen MR) is 89.7 cm³/mol. The molecule has 0 heterocycles. The second kappa shape index (κ2) is 7.81. The third-order valence-electron chi connectivity index (χ3n) is 3.40. The van der Waals surface area contributed by atoms with E-state index in [2.05, 4.69) is 21.2 Å². The maximum atomic E-state index is 12.5. The van der Waals surface area contributed by atoms with Crippen LogP contribution in [0.5, 0.6) is 0 Å². The lowest BCUT2D eigenvalue weighted by atomic mass is 10.1. The number of amides is 1. The van der Waals surface area contributed by atoms with Crippen LogP contribution < -0.4 is 10.2 Å². The molecule has 0 saturated heterocycles. The maximum Gasteiger partial charge on any atom is 0.416 e. The van der Waals surface area contributed by atoms with Crippen LogP contribution in [0.25, 0.3) is 0 Å². The Hall–Kier alpha value is -1.86. The fourth-order valence-corrected chi connectivity index (χ4v) is 2.64. The van der Waals surface area contributed by atoms with Gasteiger partial charge in [0.1, 0.15) is 6.54 Å². The van der Waals surface area contributed by atoms with Crippen LogP contribution in [-0.4, -0.2) is 19.5 Å². The molecule has 2 rings (SSSR count). The highest BCUT2D eigenvalue weighted by Crippen LogP contribution is 2.28. The molecule has 3 nitrogen and oxygen atoms in total. The van der Waals surface area contributed by atoms with E-state index in [4.69, 9.17) is 0 Å². The van der Waals surface area contributed by atoms with E-state index < -0.39 is 11.7 Å². The van der Waals surface area contributed by atoms with Crippen molar-refractivity contribution in [3.63, 3.8) is 0 Å². The zero-order valence-corrected chi connectivity index (χ0v) is 14.5. The lowest BCUT2D eigenvalue weighted by Crippen LogP contribution is -3.08. The van der Waals surface area contributed by atoms with Crippen molar-refractivity contribution in [3.8, 4) is 0 Å². The minimum atomic E-state index is -4.33. The summed E-state index contributed by atoms with van der Waals surface area (Å²) in [5, 5.41) is 2.80. The van der Waals surface area contributed by atoms with Gasteiger partial charge in [0.2, 0.25) is 0 Å². The molecule has 0 bridgehead atoms. The number of carbonyl (C=O) groups is 1. The first-order valence-corrected chi connectivity index (χ1v) is 8.07. The van der Waals surface area contributed by atoms with E-state index in [0.29, 0.717) is 12.2 Å². The number of rotatable bonds is 5. The molecule has 0 aliphatic rings. The largest absolute Gasteiger partial charge is 0.416 e. The number of likely N-dealkylation sites (N-methyl/N-ethyl adjacent to an activating group) is 1. The monoisotopic (exact) mass is 401 g/mol. The van der Waals surface area contributed by atoms with Gasteiger partial charge in [-0.3, -0.25) is 4.79 Å². The Morgan fingerprint density at radius 3 is 2.33 bits per heavy atom. The van der Waals surface area contributed by atoms with E-state index in [0.717, 1.165) is 27.1 Å². The summed E-state index contributed by atoms with van der Waals surface area (Å²) in [7, 11) is 1.82. The number of hydrogen-bond donors (Lipinski definition) is 2. The van der Waals surface area contributed by atoms with E-state index in [-0.39, 0.29) is 12.5 Å². The number of halogens is 4. The predicted octanol–water partition coefficient (Wildman–Crippen LogP) is 3.12. The van der Waals surface area contributed by atoms with E-state index >= 15 is 0 Å². The molecule has 2 aromatic rings. The molecule has 0 spiro atoms. The summed E-state index contributed by atoms with van der Waals surface area (Å²) in [6.45, 7) is 0.671. The smallest absolute Gasteiger partial charge is 0.326 e. The van der Waals surface area contributed by atoms with Gasteiger partial charge in [-0.05, 0) is 40.2 Å². The van der Waals surface area contributed by atoms with Crippen molar-refractivity contribution in [2.45, 2.75) is 12.7 Å². The summed E-state index contributed by atoms with van der Waals surface area (Å²) in [5.74, 6) is -0.161. The van der Waals surface area contributed by atoms with Crippen molar-refractivity contribution >= 4 is 27.5 Å². The van der Waals surface area contributed by atoms with Crippen LogP contribution in [-0.2, 0) is 17.5 Å². The first-order valence-electron chi connectivity index (χ1n) is 7.27. The van der Waals surface area contributed by atoms with E-state index in [1.54, 1.807) is 6.07 Å². The molecule has 24 heavy (non-hydrogen) atoms. The summed E-state index contributed by atoms with van der Waals surface area (Å²) >= 11 is 3.35. The molecule has 0 aliphatic carbocycles.